The van der Waals surface area contributed by atoms with E-state index in [1.54, 1.807) is 23.2 Å². The predicted molar refractivity (Wildman–Crippen MR) is 127 cm³/mol. The van der Waals surface area contributed by atoms with Crippen molar-refractivity contribution in [3.05, 3.63) is 75.2 Å². The first kappa shape index (κ1) is 21.0. The van der Waals surface area contributed by atoms with Crippen LogP contribution in [0.25, 0.3) is 16.6 Å². The topological polar surface area (TPSA) is 90.7 Å². The van der Waals surface area contributed by atoms with E-state index in [4.69, 9.17) is 0 Å². The van der Waals surface area contributed by atoms with E-state index in [1.165, 1.54) is 12.1 Å². The van der Waals surface area contributed by atoms with Crippen LogP contribution >= 0.6 is 0 Å². The van der Waals surface area contributed by atoms with Crippen molar-refractivity contribution in [1.82, 2.24) is 14.4 Å². The number of aromatic nitrogens is 3. The molecule has 0 saturated heterocycles. The molecule has 1 amide bonds. The molecule has 1 fully saturated rings. The summed E-state index contributed by atoms with van der Waals surface area (Å²) in [5, 5.41) is 9.90. The molecule has 2 N–H and O–H groups in total. The summed E-state index contributed by atoms with van der Waals surface area (Å²) in [6.45, 7) is 2.38. The number of aliphatic hydroxyl groups is 1. The number of hydrogen-bond donors (Lipinski definition) is 2. The minimum Gasteiger partial charge on any atom is -0.393 e. The number of hydrogen-bond acceptors (Lipinski definition) is 4. The second-order valence-corrected chi connectivity index (χ2v) is 9.46. The number of rotatable bonds is 2. The van der Waals surface area contributed by atoms with Gasteiger partial charge in [0.2, 0.25) is 0 Å². The van der Waals surface area contributed by atoms with Crippen molar-refractivity contribution in [3.63, 3.8) is 0 Å². The second kappa shape index (κ2) is 7.77. The molecule has 34 heavy (non-hydrogen) atoms. The number of carbonyl (C=O) groups excluding carboxylic acids is 1. The number of nitrogens with one attached hydrogen (secondary N) is 1. The molecule has 8 heteroatoms. The highest BCUT2D eigenvalue weighted by atomic mass is 19.1. The van der Waals surface area contributed by atoms with Crippen molar-refractivity contribution in [3.8, 4) is 0 Å². The van der Waals surface area contributed by atoms with E-state index in [0.29, 0.717) is 29.6 Å². The van der Waals surface area contributed by atoms with Gasteiger partial charge in [-0.1, -0.05) is 0 Å². The maximum atomic E-state index is 13.6. The van der Waals surface area contributed by atoms with E-state index in [0.717, 1.165) is 53.8 Å². The number of anilines is 1. The molecule has 0 unspecified atom stereocenters. The summed E-state index contributed by atoms with van der Waals surface area (Å²) in [7, 11) is 0. The van der Waals surface area contributed by atoms with Gasteiger partial charge < -0.3 is 15.0 Å². The van der Waals surface area contributed by atoms with Crippen LogP contribution in [0.15, 0.2) is 41.3 Å². The average Bonchev–Trinajstić information content (AvgIpc) is 3.44. The molecule has 174 valence electrons. The molecule has 2 aliphatic rings. The number of imidazole rings is 1. The number of amides is 1. The molecule has 0 radical (unpaired) electrons. The average molecular weight is 461 g/mol. The molecule has 6 rings (SSSR count). The number of halogens is 1. The molecule has 0 spiro atoms. The van der Waals surface area contributed by atoms with Crippen LogP contribution in [0.1, 0.15) is 58.9 Å². The van der Waals surface area contributed by atoms with Gasteiger partial charge in [0, 0.05) is 23.7 Å². The van der Waals surface area contributed by atoms with Crippen LogP contribution in [0.5, 0.6) is 0 Å². The third-order valence-corrected chi connectivity index (χ3v) is 7.33. The summed E-state index contributed by atoms with van der Waals surface area (Å²) >= 11 is 0. The number of nitrogens with zero attached hydrogens (tertiary/aromatic N) is 3. The number of benzene rings is 2. The zero-order chi connectivity index (χ0) is 23.6. The molecule has 2 aromatic heterocycles. The summed E-state index contributed by atoms with van der Waals surface area (Å²) in [4.78, 5) is 35.6. The Labute approximate surface area is 194 Å². The molecular weight excluding hydrogens is 435 g/mol. The van der Waals surface area contributed by atoms with Gasteiger partial charge in [-0.15, -0.1) is 0 Å². The fraction of sp³-hybridized carbons (Fsp3) is 0.346. The molecule has 3 heterocycles. The molecule has 4 aromatic rings. The van der Waals surface area contributed by atoms with Crippen LogP contribution in [0, 0.1) is 12.7 Å². The van der Waals surface area contributed by atoms with Gasteiger partial charge in [-0.2, -0.15) is 0 Å². The fourth-order valence-electron chi connectivity index (χ4n) is 5.52. The minimum atomic E-state index is -0.305. The van der Waals surface area contributed by atoms with E-state index in [9.17, 15) is 19.1 Å². The summed E-state index contributed by atoms with van der Waals surface area (Å²) in [5.41, 5.74) is 4.43. The highest BCUT2D eigenvalue weighted by molar-refractivity contribution is 6.09. The molecular formula is C26H25FN4O3. The first-order valence-corrected chi connectivity index (χ1v) is 11.7. The lowest BCUT2D eigenvalue weighted by atomic mass is 9.87. The van der Waals surface area contributed by atoms with E-state index >= 15 is 0 Å². The Morgan fingerprint density at radius 3 is 2.74 bits per heavy atom. The predicted octanol–water partition coefficient (Wildman–Crippen LogP) is 3.84. The van der Waals surface area contributed by atoms with Gasteiger partial charge in [0.25, 0.3) is 11.5 Å². The summed E-state index contributed by atoms with van der Waals surface area (Å²) in [5.74, 6) is 0.518. The van der Waals surface area contributed by atoms with Gasteiger partial charge in [-0.05, 0) is 80.5 Å². The molecule has 0 atom stereocenters. The van der Waals surface area contributed by atoms with Crippen molar-refractivity contribution in [2.75, 3.05) is 11.4 Å². The number of aromatic amines is 1. The molecule has 1 aliphatic heterocycles. The number of aryl methyl sites for hydroxylation is 1. The van der Waals surface area contributed by atoms with E-state index in [2.05, 4.69) is 9.97 Å². The third-order valence-electron chi connectivity index (χ3n) is 7.33. The minimum absolute atomic E-state index is 0.166. The first-order valence-electron chi connectivity index (χ1n) is 11.7. The number of carbonyl (C=O) groups is 1. The van der Waals surface area contributed by atoms with Crippen LogP contribution in [-0.4, -0.2) is 38.0 Å². The Kier molecular flexibility index (Phi) is 4.81. The summed E-state index contributed by atoms with van der Waals surface area (Å²) in [6, 6.07) is 8.17. The van der Waals surface area contributed by atoms with Gasteiger partial charge in [0.05, 0.1) is 23.3 Å². The van der Waals surface area contributed by atoms with Gasteiger partial charge in [0.1, 0.15) is 17.2 Å². The van der Waals surface area contributed by atoms with E-state index in [-0.39, 0.29) is 29.3 Å². The van der Waals surface area contributed by atoms with Crippen molar-refractivity contribution in [1.29, 1.82) is 0 Å². The highest BCUT2D eigenvalue weighted by Crippen LogP contribution is 2.34. The molecule has 2 aromatic carbocycles. The molecule has 0 bridgehead atoms. The Hall–Kier alpha value is -3.52. The Morgan fingerprint density at radius 2 is 1.94 bits per heavy atom. The third kappa shape index (κ3) is 3.24. The largest absolute Gasteiger partial charge is 0.393 e. The number of fused-ring (bicyclic) bond motifs is 4. The monoisotopic (exact) mass is 460 g/mol. The SMILES string of the molecule is Cc1cc2c(cc1C(=O)N1CCc3cc(F)ccc31)[nH]c(=O)c1cnc([C@H]3CC[C@H](O)CC3)n12. The Bertz CT molecular complexity index is 1510. The van der Waals surface area contributed by atoms with E-state index in [1.807, 2.05) is 17.4 Å². The van der Waals surface area contributed by atoms with Gasteiger partial charge in [-0.3, -0.25) is 14.0 Å². The van der Waals surface area contributed by atoms with Gasteiger partial charge in [-0.25, -0.2) is 9.37 Å². The van der Waals surface area contributed by atoms with E-state index < -0.39 is 0 Å². The second-order valence-electron chi connectivity index (χ2n) is 9.46. The smallest absolute Gasteiger partial charge is 0.274 e. The number of aliphatic hydroxyl groups excluding tert-OH is 1. The summed E-state index contributed by atoms with van der Waals surface area (Å²) < 4.78 is 15.5. The standard InChI is InChI=1S/C26H25FN4O3/c1-14-10-22-20(12-19(14)26(34)30-9-8-16-11-17(27)4-7-21(16)30)29-25(33)23-13-28-24(31(22)23)15-2-5-18(32)6-3-15/h4,7,10-13,15,18,32H,2-3,5-6,8-9H2,1H3,(H,29,33)/t15-,18-. The van der Waals surface area contributed by atoms with Crippen molar-refractivity contribution < 1.29 is 14.3 Å². The van der Waals surface area contributed by atoms with Gasteiger partial charge in [0.15, 0.2) is 0 Å². The Balaban J connectivity index is 1.46. The van der Waals surface area contributed by atoms with Crippen LogP contribution in [0.2, 0.25) is 0 Å². The van der Waals surface area contributed by atoms with Crippen LogP contribution in [0.4, 0.5) is 10.1 Å². The summed E-state index contributed by atoms with van der Waals surface area (Å²) in [6.07, 6.45) is 5.02. The lowest BCUT2D eigenvalue weighted by Crippen LogP contribution is -2.29. The zero-order valence-electron chi connectivity index (χ0n) is 18.8. The van der Waals surface area contributed by atoms with Gasteiger partial charge >= 0.3 is 0 Å². The quantitative estimate of drug-likeness (QED) is 0.476. The van der Waals surface area contributed by atoms with Crippen LogP contribution in [0.3, 0.4) is 0 Å². The maximum absolute atomic E-state index is 13.6. The highest BCUT2D eigenvalue weighted by Gasteiger charge is 2.28. The zero-order valence-corrected chi connectivity index (χ0v) is 18.8. The van der Waals surface area contributed by atoms with Crippen molar-refractivity contribution in [2.24, 2.45) is 0 Å². The lowest BCUT2D eigenvalue weighted by Gasteiger charge is -2.25. The normalized spacial score (nSPS) is 20.3. The maximum Gasteiger partial charge on any atom is 0.274 e. The lowest BCUT2D eigenvalue weighted by molar-refractivity contribution is 0.0989. The molecule has 1 saturated carbocycles. The molecule has 7 nitrogen and oxygen atoms in total. The van der Waals surface area contributed by atoms with Crippen LogP contribution in [-0.2, 0) is 6.42 Å². The fourth-order valence-corrected chi connectivity index (χ4v) is 5.52. The van der Waals surface area contributed by atoms with Crippen LogP contribution < -0.4 is 10.5 Å². The van der Waals surface area contributed by atoms with Crippen molar-refractivity contribution in [2.45, 2.75) is 51.0 Å². The Morgan fingerprint density at radius 1 is 1.15 bits per heavy atom. The first-order chi connectivity index (χ1) is 16.4. The number of H-pyrrole nitrogens is 1. The van der Waals surface area contributed by atoms with Crippen molar-refractivity contribution >= 4 is 28.1 Å². The molecule has 1 aliphatic carbocycles.